The number of hydrogen-bond donors (Lipinski definition) is 0. The highest BCUT2D eigenvalue weighted by molar-refractivity contribution is 5.71. The minimum atomic E-state index is -0.0569. The van der Waals surface area contributed by atoms with E-state index in [4.69, 9.17) is 4.74 Å². The van der Waals surface area contributed by atoms with E-state index in [2.05, 4.69) is 25.7 Å². The maximum absolute atomic E-state index is 11.6. The summed E-state index contributed by atoms with van der Waals surface area (Å²) in [6, 6.07) is 0. The Morgan fingerprint density at radius 1 is 1.29 bits per heavy atom. The van der Waals surface area contributed by atoms with Gasteiger partial charge in [0.05, 0.1) is 13.2 Å². The highest BCUT2D eigenvalue weighted by atomic mass is 16.5. The lowest BCUT2D eigenvalue weighted by Crippen LogP contribution is -2.41. The minimum Gasteiger partial charge on any atom is -0.465 e. The minimum absolute atomic E-state index is 0.0569. The van der Waals surface area contributed by atoms with E-state index in [-0.39, 0.29) is 5.97 Å². The van der Waals surface area contributed by atoms with Gasteiger partial charge < -0.3 is 4.74 Å². The van der Waals surface area contributed by atoms with Gasteiger partial charge >= 0.3 is 5.97 Å². The summed E-state index contributed by atoms with van der Waals surface area (Å²) in [5.41, 5.74) is 0.489. The molecule has 1 aliphatic rings. The Labute approximate surface area is 106 Å². The van der Waals surface area contributed by atoms with Gasteiger partial charge in [-0.2, -0.15) is 0 Å². The molecule has 1 heterocycles. The van der Waals surface area contributed by atoms with Crippen molar-refractivity contribution in [2.24, 2.45) is 5.41 Å². The fraction of sp³-hybridized carbons (Fsp3) is 0.929. The first-order valence-electron chi connectivity index (χ1n) is 6.97. The monoisotopic (exact) mass is 241 g/mol. The van der Waals surface area contributed by atoms with Gasteiger partial charge in [-0.25, -0.2) is 0 Å². The van der Waals surface area contributed by atoms with Crippen molar-refractivity contribution in [2.45, 2.75) is 52.9 Å². The Kier molecular flexibility index (Phi) is 5.96. The normalized spacial score (nSPS) is 20.2. The van der Waals surface area contributed by atoms with Crippen LogP contribution in [0.1, 0.15) is 52.9 Å². The molecule has 0 amide bonds. The molecule has 0 aromatic heterocycles. The van der Waals surface area contributed by atoms with Crippen molar-refractivity contribution in [2.75, 3.05) is 26.2 Å². The van der Waals surface area contributed by atoms with E-state index in [0.717, 1.165) is 25.9 Å². The topological polar surface area (TPSA) is 29.5 Å². The number of unbranched alkanes of at least 4 members (excludes halogenated alkanes) is 1. The maximum atomic E-state index is 11.6. The molecule has 0 radical (unpaired) electrons. The average Bonchev–Trinajstić information content (AvgIpc) is 2.33. The summed E-state index contributed by atoms with van der Waals surface area (Å²) in [6.07, 6.45) is 5.69. The number of hydrogen-bond acceptors (Lipinski definition) is 3. The first kappa shape index (κ1) is 14.5. The molecule has 0 N–H and O–H groups in total. The maximum Gasteiger partial charge on any atom is 0.320 e. The highest BCUT2D eigenvalue weighted by Crippen LogP contribution is 2.33. The number of ether oxygens (including phenoxy) is 1. The van der Waals surface area contributed by atoms with E-state index in [1.165, 1.54) is 19.3 Å². The lowest BCUT2D eigenvalue weighted by atomic mass is 9.78. The second kappa shape index (κ2) is 7.00. The average molecular weight is 241 g/mol. The predicted octanol–water partition coefficient (Wildman–Crippen LogP) is 2.84. The van der Waals surface area contributed by atoms with Crippen molar-refractivity contribution < 1.29 is 9.53 Å². The van der Waals surface area contributed by atoms with Gasteiger partial charge in [0.15, 0.2) is 0 Å². The molecule has 0 spiro atoms. The van der Waals surface area contributed by atoms with Crippen LogP contribution in [0.5, 0.6) is 0 Å². The third kappa shape index (κ3) is 5.07. The van der Waals surface area contributed by atoms with Crippen LogP contribution >= 0.6 is 0 Å². The molecule has 1 rings (SSSR count). The van der Waals surface area contributed by atoms with Crippen LogP contribution in [0.2, 0.25) is 0 Å². The Hall–Kier alpha value is -0.570. The van der Waals surface area contributed by atoms with E-state index in [9.17, 15) is 4.79 Å². The molecule has 0 bridgehead atoms. The van der Waals surface area contributed by atoms with Gasteiger partial charge in [0, 0.05) is 0 Å². The first-order valence-corrected chi connectivity index (χ1v) is 6.97. The summed E-state index contributed by atoms with van der Waals surface area (Å²) in [5.74, 6) is -0.0569. The summed E-state index contributed by atoms with van der Waals surface area (Å²) in [7, 11) is 0. The zero-order valence-corrected chi connectivity index (χ0v) is 11.6. The van der Waals surface area contributed by atoms with Crippen LogP contribution in [0, 0.1) is 5.41 Å². The molecule has 1 saturated heterocycles. The largest absolute Gasteiger partial charge is 0.465 e. The Balaban J connectivity index is 2.19. The summed E-state index contributed by atoms with van der Waals surface area (Å²) in [5, 5.41) is 0. The van der Waals surface area contributed by atoms with Crippen LogP contribution < -0.4 is 0 Å². The molecule has 0 saturated carbocycles. The fourth-order valence-corrected chi connectivity index (χ4v) is 2.16. The lowest BCUT2D eigenvalue weighted by molar-refractivity contribution is -0.145. The lowest BCUT2D eigenvalue weighted by Gasteiger charge is -2.38. The second-order valence-electron chi connectivity index (χ2n) is 5.51. The van der Waals surface area contributed by atoms with E-state index < -0.39 is 0 Å². The zero-order chi connectivity index (χ0) is 12.7. The van der Waals surface area contributed by atoms with Gasteiger partial charge in [-0.3, -0.25) is 9.69 Å². The number of esters is 1. The van der Waals surface area contributed by atoms with Gasteiger partial charge in [0.2, 0.25) is 0 Å². The van der Waals surface area contributed by atoms with Crippen LogP contribution in [0.4, 0.5) is 0 Å². The number of rotatable bonds is 6. The van der Waals surface area contributed by atoms with Gasteiger partial charge in [0.25, 0.3) is 0 Å². The Bertz CT molecular complexity index is 232. The van der Waals surface area contributed by atoms with E-state index in [1.54, 1.807) is 0 Å². The van der Waals surface area contributed by atoms with Crippen LogP contribution in [0.3, 0.4) is 0 Å². The molecular weight excluding hydrogens is 214 g/mol. The molecule has 0 aromatic rings. The number of carbonyl (C=O) groups excluding carboxylic acids is 1. The number of nitrogens with zero attached hydrogens (tertiary/aromatic N) is 1. The fourth-order valence-electron chi connectivity index (χ4n) is 2.16. The van der Waals surface area contributed by atoms with E-state index in [0.29, 0.717) is 18.6 Å². The second-order valence-corrected chi connectivity index (χ2v) is 5.51. The standard InChI is InChI=1S/C14H27NO2/c1-4-6-11-17-13(16)12-15-9-7-14(3,5-2)8-10-15/h4-12H2,1-3H3. The van der Waals surface area contributed by atoms with Gasteiger partial charge in [-0.15, -0.1) is 0 Å². The summed E-state index contributed by atoms with van der Waals surface area (Å²) >= 11 is 0. The highest BCUT2D eigenvalue weighted by Gasteiger charge is 2.28. The number of carbonyl (C=O) groups is 1. The quantitative estimate of drug-likeness (QED) is 0.529. The SMILES string of the molecule is CCCCOC(=O)CN1CCC(C)(CC)CC1. The molecule has 1 aliphatic heterocycles. The molecule has 0 atom stereocenters. The number of piperidine rings is 1. The smallest absolute Gasteiger partial charge is 0.320 e. The molecule has 0 aliphatic carbocycles. The summed E-state index contributed by atoms with van der Waals surface area (Å²) < 4.78 is 5.18. The van der Waals surface area contributed by atoms with Crippen LogP contribution in [0.15, 0.2) is 0 Å². The van der Waals surface area contributed by atoms with Crippen molar-refractivity contribution in [3.05, 3.63) is 0 Å². The number of likely N-dealkylation sites (tertiary alicyclic amines) is 1. The van der Waals surface area contributed by atoms with Crippen LogP contribution in [0.25, 0.3) is 0 Å². The molecule has 17 heavy (non-hydrogen) atoms. The van der Waals surface area contributed by atoms with E-state index >= 15 is 0 Å². The van der Waals surface area contributed by atoms with Crippen molar-refractivity contribution >= 4 is 5.97 Å². The molecule has 3 heteroatoms. The molecule has 100 valence electrons. The van der Waals surface area contributed by atoms with Crippen molar-refractivity contribution in [3.8, 4) is 0 Å². The van der Waals surface area contributed by atoms with Crippen molar-refractivity contribution in [3.63, 3.8) is 0 Å². The van der Waals surface area contributed by atoms with Gasteiger partial charge in [-0.1, -0.05) is 33.6 Å². The summed E-state index contributed by atoms with van der Waals surface area (Å²) in [4.78, 5) is 13.8. The van der Waals surface area contributed by atoms with E-state index in [1.807, 2.05) is 0 Å². The molecule has 0 unspecified atom stereocenters. The van der Waals surface area contributed by atoms with Crippen LogP contribution in [-0.4, -0.2) is 37.1 Å². The van der Waals surface area contributed by atoms with Crippen molar-refractivity contribution in [1.82, 2.24) is 4.90 Å². The van der Waals surface area contributed by atoms with Gasteiger partial charge in [0.1, 0.15) is 0 Å². The first-order chi connectivity index (χ1) is 8.09. The zero-order valence-electron chi connectivity index (χ0n) is 11.6. The van der Waals surface area contributed by atoms with Crippen molar-refractivity contribution in [1.29, 1.82) is 0 Å². The Morgan fingerprint density at radius 3 is 2.47 bits per heavy atom. The predicted molar refractivity (Wildman–Crippen MR) is 69.9 cm³/mol. The Morgan fingerprint density at radius 2 is 1.94 bits per heavy atom. The molecule has 0 aromatic carbocycles. The summed E-state index contributed by atoms with van der Waals surface area (Å²) in [6.45, 7) is 9.84. The third-order valence-corrected chi connectivity index (χ3v) is 4.03. The van der Waals surface area contributed by atoms with Crippen LogP contribution in [-0.2, 0) is 9.53 Å². The molecule has 3 nitrogen and oxygen atoms in total. The molecule has 1 fully saturated rings. The molecular formula is C14H27NO2. The van der Waals surface area contributed by atoms with Gasteiger partial charge in [-0.05, 0) is 37.8 Å². The third-order valence-electron chi connectivity index (χ3n) is 4.03.